The lowest BCUT2D eigenvalue weighted by atomic mass is 9.93. The molecule has 1 aromatic rings. The molecule has 0 aliphatic carbocycles. The zero-order valence-electron chi connectivity index (χ0n) is 11.9. The highest BCUT2D eigenvalue weighted by molar-refractivity contribution is 7.99. The highest BCUT2D eigenvalue weighted by atomic mass is 32.2. The van der Waals surface area contributed by atoms with E-state index in [4.69, 9.17) is 10.5 Å². The van der Waals surface area contributed by atoms with Gasteiger partial charge in [-0.3, -0.25) is 0 Å². The summed E-state index contributed by atoms with van der Waals surface area (Å²) >= 11 is 1.69. The van der Waals surface area contributed by atoms with Gasteiger partial charge in [0.05, 0.1) is 6.61 Å². The second-order valence-corrected chi connectivity index (χ2v) is 6.00. The summed E-state index contributed by atoms with van der Waals surface area (Å²) in [5.74, 6) is 1.74. The smallest absolute Gasteiger partial charge is 0.331 e. The van der Waals surface area contributed by atoms with E-state index in [1.54, 1.807) is 18.7 Å². The van der Waals surface area contributed by atoms with E-state index in [-0.39, 0.29) is 5.97 Å². The van der Waals surface area contributed by atoms with E-state index in [9.17, 15) is 4.79 Å². The summed E-state index contributed by atoms with van der Waals surface area (Å²) in [5, 5.41) is 0. The molecule has 3 nitrogen and oxygen atoms in total. The quantitative estimate of drug-likeness (QED) is 0.781. The SMILES string of the molecule is CCOC(=O)C(N)(CSCC(C)C)c1ccccc1. The van der Waals surface area contributed by atoms with Crippen LogP contribution in [0.3, 0.4) is 0 Å². The number of ether oxygens (including phenoxy) is 1. The monoisotopic (exact) mass is 281 g/mol. The molecule has 1 rings (SSSR count). The fourth-order valence-electron chi connectivity index (χ4n) is 1.71. The third kappa shape index (κ3) is 4.55. The fourth-order valence-corrected chi connectivity index (χ4v) is 2.91. The lowest BCUT2D eigenvalue weighted by molar-refractivity contribution is -0.149. The van der Waals surface area contributed by atoms with Crippen molar-refractivity contribution in [2.45, 2.75) is 26.3 Å². The van der Waals surface area contributed by atoms with Crippen molar-refractivity contribution in [3.8, 4) is 0 Å². The third-order valence-electron chi connectivity index (χ3n) is 2.71. The van der Waals surface area contributed by atoms with Gasteiger partial charge in [-0.2, -0.15) is 11.8 Å². The van der Waals surface area contributed by atoms with Crippen LogP contribution in [0.1, 0.15) is 26.3 Å². The molecule has 0 bridgehead atoms. The third-order valence-corrected chi connectivity index (χ3v) is 4.27. The van der Waals surface area contributed by atoms with Crippen LogP contribution in [0.5, 0.6) is 0 Å². The fraction of sp³-hybridized carbons (Fsp3) is 0.533. The number of nitrogens with two attached hydrogens (primary N) is 1. The van der Waals surface area contributed by atoms with Gasteiger partial charge in [-0.05, 0) is 24.2 Å². The van der Waals surface area contributed by atoms with Gasteiger partial charge in [0, 0.05) is 5.75 Å². The molecule has 4 heteroatoms. The van der Waals surface area contributed by atoms with Gasteiger partial charge in [-0.1, -0.05) is 44.2 Å². The van der Waals surface area contributed by atoms with Crippen LogP contribution in [0.25, 0.3) is 0 Å². The van der Waals surface area contributed by atoms with Crippen LogP contribution in [0.4, 0.5) is 0 Å². The molecule has 1 aromatic carbocycles. The highest BCUT2D eigenvalue weighted by Gasteiger charge is 2.37. The molecule has 1 unspecified atom stereocenters. The van der Waals surface area contributed by atoms with Crippen LogP contribution < -0.4 is 5.73 Å². The average Bonchev–Trinajstić information content (AvgIpc) is 2.39. The molecule has 106 valence electrons. The summed E-state index contributed by atoms with van der Waals surface area (Å²) in [4.78, 5) is 12.2. The summed E-state index contributed by atoms with van der Waals surface area (Å²) in [6.45, 7) is 6.44. The van der Waals surface area contributed by atoms with Crippen molar-refractivity contribution in [2.24, 2.45) is 11.7 Å². The van der Waals surface area contributed by atoms with Gasteiger partial charge in [0.15, 0.2) is 0 Å². The first kappa shape index (κ1) is 16.1. The number of benzene rings is 1. The van der Waals surface area contributed by atoms with Crippen LogP contribution in [-0.2, 0) is 15.1 Å². The topological polar surface area (TPSA) is 52.3 Å². The second-order valence-electron chi connectivity index (χ2n) is 4.97. The lowest BCUT2D eigenvalue weighted by Crippen LogP contribution is -2.48. The van der Waals surface area contributed by atoms with E-state index < -0.39 is 5.54 Å². The van der Waals surface area contributed by atoms with Crippen LogP contribution in [0.2, 0.25) is 0 Å². The summed E-state index contributed by atoms with van der Waals surface area (Å²) in [6.07, 6.45) is 0. The van der Waals surface area contributed by atoms with Crippen LogP contribution in [0, 0.1) is 5.92 Å². The zero-order valence-corrected chi connectivity index (χ0v) is 12.7. The Morgan fingerprint density at radius 2 is 2.00 bits per heavy atom. The van der Waals surface area contributed by atoms with Gasteiger partial charge < -0.3 is 10.5 Å². The van der Waals surface area contributed by atoms with Gasteiger partial charge >= 0.3 is 5.97 Å². The zero-order chi connectivity index (χ0) is 14.3. The number of hydrogen-bond donors (Lipinski definition) is 1. The minimum absolute atomic E-state index is 0.347. The van der Waals surface area contributed by atoms with Crippen molar-refractivity contribution in [1.82, 2.24) is 0 Å². The first-order valence-corrected chi connectivity index (χ1v) is 7.75. The predicted octanol–water partition coefficient (Wildman–Crippen LogP) is 2.79. The van der Waals surface area contributed by atoms with E-state index in [0.29, 0.717) is 18.3 Å². The van der Waals surface area contributed by atoms with Crippen molar-refractivity contribution in [1.29, 1.82) is 0 Å². The molecule has 2 N–H and O–H groups in total. The minimum atomic E-state index is -1.06. The largest absolute Gasteiger partial charge is 0.464 e. The van der Waals surface area contributed by atoms with E-state index >= 15 is 0 Å². The first-order chi connectivity index (χ1) is 9.00. The normalized spacial score (nSPS) is 14.2. The maximum absolute atomic E-state index is 12.2. The Labute approximate surface area is 119 Å². The lowest BCUT2D eigenvalue weighted by Gasteiger charge is -2.27. The highest BCUT2D eigenvalue weighted by Crippen LogP contribution is 2.25. The van der Waals surface area contributed by atoms with Crippen molar-refractivity contribution in [3.05, 3.63) is 35.9 Å². The molecule has 0 aromatic heterocycles. The minimum Gasteiger partial charge on any atom is -0.464 e. The molecule has 0 heterocycles. The maximum Gasteiger partial charge on any atom is 0.331 e. The van der Waals surface area contributed by atoms with Gasteiger partial charge in [-0.15, -0.1) is 0 Å². The Morgan fingerprint density at radius 1 is 1.37 bits per heavy atom. The Bertz CT molecular complexity index is 394. The number of carbonyl (C=O) groups is 1. The molecule has 0 radical (unpaired) electrons. The number of esters is 1. The molecule has 0 saturated carbocycles. The second kappa shape index (κ2) is 7.56. The van der Waals surface area contributed by atoms with E-state index in [1.807, 2.05) is 30.3 Å². The Kier molecular flexibility index (Phi) is 6.38. The summed E-state index contributed by atoms with van der Waals surface area (Å²) < 4.78 is 5.14. The number of hydrogen-bond acceptors (Lipinski definition) is 4. The Balaban J connectivity index is 2.87. The van der Waals surface area contributed by atoms with Crippen LogP contribution >= 0.6 is 11.8 Å². The number of carbonyl (C=O) groups excluding carboxylic acids is 1. The summed E-state index contributed by atoms with van der Waals surface area (Å²) in [5.41, 5.74) is 6.09. The summed E-state index contributed by atoms with van der Waals surface area (Å²) in [6, 6.07) is 9.46. The number of thioether (sulfide) groups is 1. The van der Waals surface area contributed by atoms with E-state index in [0.717, 1.165) is 11.3 Å². The van der Waals surface area contributed by atoms with Crippen molar-refractivity contribution < 1.29 is 9.53 Å². The standard InChI is InChI=1S/C15H23NO2S/c1-4-18-14(17)15(16,11-19-10-12(2)3)13-8-6-5-7-9-13/h5-9,12H,4,10-11,16H2,1-3H3. The molecule has 0 aliphatic heterocycles. The van der Waals surface area contributed by atoms with Crippen molar-refractivity contribution in [2.75, 3.05) is 18.1 Å². The van der Waals surface area contributed by atoms with Gasteiger partial charge in [0.1, 0.15) is 5.54 Å². The molecular formula is C15H23NO2S. The predicted molar refractivity (Wildman–Crippen MR) is 81.1 cm³/mol. The van der Waals surface area contributed by atoms with Crippen molar-refractivity contribution in [3.63, 3.8) is 0 Å². The van der Waals surface area contributed by atoms with Gasteiger partial charge in [0.25, 0.3) is 0 Å². The van der Waals surface area contributed by atoms with Gasteiger partial charge in [-0.25, -0.2) is 4.79 Å². The summed E-state index contributed by atoms with van der Waals surface area (Å²) in [7, 11) is 0. The molecule has 1 atom stereocenters. The Hall–Kier alpha value is -1.00. The van der Waals surface area contributed by atoms with Gasteiger partial charge in [0.2, 0.25) is 0 Å². The van der Waals surface area contributed by atoms with Crippen LogP contribution in [0.15, 0.2) is 30.3 Å². The molecular weight excluding hydrogens is 258 g/mol. The maximum atomic E-state index is 12.2. The molecule has 0 fully saturated rings. The van der Waals surface area contributed by atoms with E-state index in [2.05, 4.69) is 13.8 Å². The molecule has 0 amide bonds. The average molecular weight is 281 g/mol. The van der Waals surface area contributed by atoms with E-state index in [1.165, 1.54) is 0 Å². The van der Waals surface area contributed by atoms with Crippen molar-refractivity contribution >= 4 is 17.7 Å². The first-order valence-electron chi connectivity index (χ1n) is 6.60. The number of rotatable bonds is 7. The molecule has 0 aliphatic rings. The molecule has 0 spiro atoms. The Morgan fingerprint density at radius 3 is 2.53 bits per heavy atom. The molecule has 19 heavy (non-hydrogen) atoms. The van der Waals surface area contributed by atoms with Crippen LogP contribution in [-0.4, -0.2) is 24.1 Å². The molecule has 0 saturated heterocycles.